The lowest BCUT2D eigenvalue weighted by Gasteiger charge is -2.37. The van der Waals surface area contributed by atoms with Gasteiger partial charge in [0.15, 0.2) is 0 Å². The fourth-order valence-electron chi connectivity index (χ4n) is 1.75. The van der Waals surface area contributed by atoms with Gasteiger partial charge in [-0.15, -0.1) is 0 Å². The Kier molecular flexibility index (Phi) is 4.76. The van der Waals surface area contributed by atoms with Crippen LogP contribution in [0.1, 0.15) is 34.1 Å². The molecule has 0 aromatic rings. The molecule has 6 heteroatoms. The van der Waals surface area contributed by atoms with Crippen molar-refractivity contribution in [2.45, 2.75) is 45.8 Å². The molecular formula is C13H21N3O3. The van der Waals surface area contributed by atoms with Gasteiger partial charge in [0.05, 0.1) is 12.0 Å². The second-order valence-corrected chi connectivity index (χ2v) is 5.68. The first-order valence-electron chi connectivity index (χ1n) is 6.44. The molecule has 106 valence electrons. The lowest BCUT2D eigenvalue weighted by atomic mass is 10.0. The molecular weight excluding hydrogens is 246 g/mol. The number of alkyl carbamates (subject to hydrolysis) is 1. The van der Waals surface area contributed by atoms with Crippen LogP contribution in [-0.2, 0) is 9.53 Å². The van der Waals surface area contributed by atoms with Crippen LogP contribution >= 0.6 is 0 Å². The molecule has 0 aliphatic carbocycles. The van der Waals surface area contributed by atoms with Crippen LogP contribution in [0.4, 0.5) is 4.79 Å². The normalized spacial score (nSPS) is 17.1. The Morgan fingerprint density at radius 3 is 2.47 bits per heavy atom. The highest BCUT2D eigenvalue weighted by Gasteiger charge is 2.34. The van der Waals surface area contributed by atoms with Crippen molar-refractivity contribution in [1.82, 2.24) is 10.2 Å². The molecule has 6 nitrogen and oxygen atoms in total. The maximum atomic E-state index is 12.1. The van der Waals surface area contributed by atoms with E-state index in [1.165, 1.54) is 0 Å². The van der Waals surface area contributed by atoms with Crippen molar-refractivity contribution < 1.29 is 14.3 Å². The van der Waals surface area contributed by atoms with Crippen LogP contribution in [0.3, 0.4) is 0 Å². The van der Waals surface area contributed by atoms with Gasteiger partial charge in [0.1, 0.15) is 11.6 Å². The van der Waals surface area contributed by atoms with Crippen molar-refractivity contribution in [1.29, 1.82) is 5.26 Å². The zero-order valence-corrected chi connectivity index (χ0v) is 11.9. The van der Waals surface area contributed by atoms with Crippen LogP contribution in [0.15, 0.2) is 0 Å². The smallest absolute Gasteiger partial charge is 0.408 e. The Hall–Kier alpha value is -1.77. The van der Waals surface area contributed by atoms with E-state index in [0.29, 0.717) is 19.5 Å². The molecule has 0 radical (unpaired) electrons. The number of ether oxygens (including phenoxy) is 1. The third-order valence-corrected chi connectivity index (χ3v) is 2.77. The average molecular weight is 267 g/mol. The fraction of sp³-hybridized carbons (Fsp3) is 0.769. The predicted molar refractivity (Wildman–Crippen MR) is 69.1 cm³/mol. The first kappa shape index (κ1) is 15.3. The van der Waals surface area contributed by atoms with Gasteiger partial charge in [-0.1, -0.05) is 6.92 Å². The first-order valence-corrected chi connectivity index (χ1v) is 6.44. The summed E-state index contributed by atoms with van der Waals surface area (Å²) in [6.45, 7) is 8.01. The number of rotatable bonds is 3. The third kappa shape index (κ3) is 4.43. The van der Waals surface area contributed by atoms with E-state index in [4.69, 9.17) is 10.00 Å². The molecule has 0 spiro atoms. The minimum atomic E-state index is -0.593. The molecule has 0 unspecified atom stereocenters. The average Bonchev–Trinajstić information content (AvgIpc) is 2.21. The van der Waals surface area contributed by atoms with Crippen molar-refractivity contribution in [3.8, 4) is 6.07 Å². The number of hydrogen-bond donors (Lipinski definition) is 1. The summed E-state index contributed by atoms with van der Waals surface area (Å²) in [7, 11) is 0. The standard InChI is InChI=1S/C13H21N3O3/c1-5-10(15-12(18)19-13(2,3)4)11(17)16-7-9(6-14)8-16/h9-10H,5,7-8H2,1-4H3,(H,15,18)/t10-/m1/s1. The predicted octanol–water partition coefficient (Wildman–Crippen LogP) is 1.27. The maximum Gasteiger partial charge on any atom is 0.408 e. The molecule has 1 saturated heterocycles. The van der Waals surface area contributed by atoms with E-state index in [9.17, 15) is 9.59 Å². The highest BCUT2D eigenvalue weighted by atomic mass is 16.6. The number of carbonyl (C=O) groups excluding carboxylic acids is 2. The van der Waals surface area contributed by atoms with E-state index in [2.05, 4.69) is 11.4 Å². The van der Waals surface area contributed by atoms with Gasteiger partial charge >= 0.3 is 6.09 Å². The van der Waals surface area contributed by atoms with E-state index >= 15 is 0 Å². The Labute approximate surface area is 113 Å². The number of nitrogens with one attached hydrogen (secondary N) is 1. The third-order valence-electron chi connectivity index (χ3n) is 2.77. The minimum Gasteiger partial charge on any atom is -0.444 e. The number of likely N-dealkylation sites (tertiary alicyclic amines) is 1. The van der Waals surface area contributed by atoms with Crippen molar-refractivity contribution in [3.05, 3.63) is 0 Å². The summed E-state index contributed by atoms with van der Waals surface area (Å²) in [5.41, 5.74) is -0.589. The van der Waals surface area contributed by atoms with Crippen LogP contribution in [0.25, 0.3) is 0 Å². The number of amides is 2. The van der Waals surface area contributed by atoms with Crippen molar-refractivity contribution in [2.24, 2.45) is 5.92 Å². The summed E-state index contributed by atoms with van der Waals surface area (Å²) < 4.78 is 5.12. The van der Waals surface area contributed by atoms with Gasteiger partial charge in [0.2, 0.25) is 5.91 Å². The molecule has 1 fully saturated rings. The Bertz CT molecular complexity index is 389. The highest BCUT2D eigenvalue weighted by molar-refractivity contribution is 5.86. The lowest BCUT2D eigenvalue weighted by Crippen LogP contribution is -2.56. The summed E-state index contributed by atoms with van der Waals surface area (Å²) in [5.74, 6) is -0.233. The van der Waals surface area contributed by atoms with Crippen molar-refractivity contribution in [3.63, 3.8) is 0 Å². The first-order chi connectivity index (χ1) is 8.76. The van der Waals surface area contributed by atoms with Crippen LogP contribution in [0.5, 0.6) is 0 Å². The molecule has 0 aromatic carbocycles. The summed E-state index contributed by atoms with van der Waals surface area (Å²) >= 11 is 0. The zero-order valence-electron chi connectivity index (χ0n) is 11.9. The number of nitriles is 1. The second kappa shape index (κ2) is 5.91. The van der Waals surface area contributed by atoms with Gasteiger partial charge in [-0.3, -0.25) is 4.79 Å². The van der Waals surface area contributed by atoms with E-state index in [1.54, 1.807) is 25.7 Å². The van der Waals surface area contributed by atoms with E-state index in [0.717, 1.165) is 0 Å². The van der Waals surface area contributed by atoms with Crippen LogP contribution in [0, 0.1) is 17.2 Å². The summed E-state index contributed by atoms with van der Waals surface area (Å²) in [6, 6.07) is 1.52. The van der Waals surface area contributed by atoms with Crippen LogP contribution in [0.2, 0.25) is 0 Å². The van der Waals surface area contributed by atoms with Gasteiger partial charge in [-0.25, -0.2) is 4.79 Å². The molecule has 0 bridgehead atoms. The highest BCUT2D eigenvalue weighted by Crippen LogP contribution is 2.16. The molecule has 1 aliphatic rings. The molecule has 0 saturated carbocycles. The summed E-state index contributed by atoms with van der Waals surface area (Å²) in [6.07, 6.45) is -0.101. The Balaban J connectivity index is 2.48. The summed E-state index contributed by atoms with van der Waals surface area (Å²) in [5, 5.41) is 11.2. The molecule has 19 heavy (non-hydrogen) atoms. The number of carbonyl (C=O) groups is 2. The van der Waals surface area contributed by atoms with Crippen LogP contribution in [-0.4, -0.2) is 41.6 Å². The second-order valence-electron chi connectivity index (χ2n) is 5.68. The van der Waals surface area contributed by atoms with Gasteiger partial charge in [-0.2, -0.15) is 5.26 Å². The Morgan fingerprint density at radius 2 is 2.05 bits per heavy atom. The number of hydrogen-bond acceptors (Lipinski definition) is 4. The molecule has 0 aromatic heterocycles. The quantitative estimate of drug-likeness (QED) is 0.834. The molecule has 1 aliphatic heterocycles. The fourth-order valence-corrected chi connectivity index (χ4v) is 1.75. The maximum absolute atomic E-state index is 12.1. The molecule has 1 rings (SSSR count). The largest absolute Gasteiger partial charge is 0.444 e. The molecule has 1 heterocycles. The van der Waals surface area contributed by atoms with Crippen molar-refractivity contribution >= 4 is 12.0 Å². The Morgan fingerprint density at radius 1 is 1.47 bits per heavy atom. The van der Waals surface area contributed by atoms with Gasteiger partial charge < -0.3 is 15.0 Å². The van der Waals surface area contributed by atoms with Gasteiger partial charge in [0, 0.05) is 13.1 Å². The molecule has 1 atom stereocenters. The minimum absolute atomic E-state index is 0.0806. The summed E-state index contributed by atoms with van der Waals surface area (Å²) in [4.78, 5) is 25.3. The molecule has 1 N–H and O–H groups in total. The molecule has 2 amide bonds. The lowest BCUT2D eigenvalue weighted by molar-refractivity contribution is -0.138. The van der Waals surface area contributed by atoms with E-state index < -0.39 is 17.7 Å². The van der Waals surface area contributed by atoms with Crippen LogP contribution < -0.4 is 5.32 Å². The number of nitrogens with zero attached hydrogens (tertiary/aromatic N) is 2. The monoisotopic (exact) mass is 267 g/mol. The van der Waals surface area contributed by atoms with E-state index in [1.807, 2.05) is 6.92 Å². The topological polar surface area (TPSA) is 82.4 Å². The zero-order chi connectivity index (χ0) is 14.6. The van der Waals surface area contributed by atoms with Gasteiger partial charge in [-0.05, 0) is 27.2 Å². The van der Waals surface area contributed by atoms with Crippen molar-refractivity contribution in [2.75, 3.05) is 13.1 Å². The SMILES string of the molecule is CC[C@@H](NC(=O)OC(C)(C)C)C(=O)N1CC(C#N)C1. The van der Waals surface area contributed by atoms with E-state index in [-0.39, 0.29) is 11.8 Å². The van der Waals surface area contributed by atoms with Gasteiger partial charge in [0.25, 0.3) is 0 Å².